The summed E-state index contributed by atoms with van der Waals surface area (Å²) in [6.07, 6.45) is 25.7. The van der Waals surface area contributed by atoms with Crippen LogP contribution in [0.5, 0.6) is 11.5 Å². The molecule has 4 saturated carbocycles. The summed E-state index contributed by atoms with van der Waals surface area (Å²) in [5, 5.41) is 0. The monoisotopic (exact) mass is 667 g/mol. The van der Waals surface area contributed by atoms with Crippen molar-refractivity contribution in [2.24, 2.45) is 23.7 Å². The van der Waals surface area contributed by atoms with E-state index in [0.717, 1.165) is 61.2 Å². The highest BCUT2D eigenvalue weighted by Gasteiger charge is 2.46. The molecule has 4 bridgehead atoms. The summed E-state index contributed by atoms with van der Waals surface area (Å²) in [6.45, 7) is 9.50. The largest absolute Gasteiger partial charge is 0.494 e. The summed E-state index contributed by atoms with van der Waals surface area (Å²) in [5.41, 5.74) is 6.01. The number of allylic oxidation sites excluding steroid dienone is 1. The number of rotatable bonds is 18. The average molecular weight is 667 g/mol. The fourth-order valence-electron chi connectivity index (χ4n) is 10.4. The van der Waals surface area contributed by atoms with E-state index in [1.165, 1.54) is 165 Å². The molecule has 2 heterocycles. The Morgan fingerprint density at radius 3 is 1.31 bits per heavy atom. The van der Waals surface area contributed by atoms with Gasteiger partial charge in [-0.2, -0.15) is 0 Å². The predicted octanol–water partition coefficient (Wildman–Crippen LogP) is 10.8. The zero-order valence-corrected chi connectivity index (χ0v) is 30.7. The van der Waals surface area contributed by atoms with Gasteiger partial charge in [0.2, 0.25) is 0 Å². The minimum atomic E-state index is 0.767. The lowest BCUT2D eigenvalue weighted by atomic mass is 9.53. The lowest BCUT2D eigenvalue weighted by molar-refractivity contribution is 0.0705. The van der Waals surface area contributed by atoms with Gasteiger partial charge in [-0.3, -0.25) is 0 Å². The van der Waals surface area contributed by atoms with Gasteiger partial charge in [-0.1, -0.05) is 68.4 Å². The molecule has 49 heavy (non-hydrogen) atoms. The van der Waals surface area contributed by atoms with Crippen molar-refractivity contribution in [2.45, 2.75) is 122 Å². The normalized spacial score (nSPS) is 25.5. The molecule has 8 rings (SSSR count). The number of ether oxygens (including phenoxy) is 2. The van der Waals surface area contributed by atoms with E-state index in [9.17, 15) is 0 Å². The van der Waals surface area contributed by atoms with Gasteiger partial charge in [0.05, 0.1) is 13.2 Å². The van der Waals surface area contributed by atoms with Crippen molar-refractivity contribution in [3.05, 3.63) is 65.2 Å². The van der Waals surface area contributed by atoms with Crippen molar-refractivity contribution in [2.75, 3.05) is 52.5 Å². The van der Waals surface area contributed by atoms with E-state index in [4.69, 9.17) is 9.47 Å². The van der Waals surface area contributed by atoms with E-state index < -0.39 is 0 Å². The lowest BCUT2D eigenvalue weighted by Crippen LogP contribution is -2.40. The van der Waals surface area contributed by atoms with Crippen LogP contribution in [0.25, 0.3) is 5.57 Å². The molecule has 0 N–H and O–H groups in total. The summed E-state index contributed by atoms with van der Waals surface area (Å²) in [6, 6.07) is 18.3. The van der Waals surface area contributed by atoms with Crippen LogP contribution in [0.1, 0.15) is 133 Å². The van der Waals surface area contributed by atoms with Crippen LogP contribution < -0.4 is 9.47 Å². The van der Waals surface area contributed by atoms with Crippen molar-refractivity contribution < 1.29 is 9.47 Å². The SMILES string of the molecule is c1cc(C(c2ccc(OCCCCCCN3CCCCC3)cc2)=C2C3C[C@H]4C[C@@H](C3)C[C@H]2C4)ccc1OCCCCCCN1CCCCC1. The molecular weight excluding hydrogens is 601 g/mol. The van der Waals surface area contributed by atoms with Gasteiger partial charge in [0.15, 0.2) is 0 Å². The Bertz CT molecular complexity index is 1180. The van der Waals surface area contributed by atoms with E-state index in [1.807, 2.05) is 0 Å². The topological polar surface area (TPSA) is 24.9 Å². The van der Waals surface area contributed by atoms with E-state index >= 15 is 0 Å². The molecule has 2 aromatic carbocycles. The third-order valence-electron chi connectivity index (χ3n) is 12.8. The molecule has 0 spiro atoms. The number of piperidine rings is 2. The smallest absolute Gasteiger partial charge is 0.119 e. The van der Waals surface area contributed by atoms with Crippen molar-refractivity contribution in [1.82, 2.24) is 9.80 Å². The minimum absolute atomic E-state index is 0.767. The third kappa shape index (κ3) is 9.94. The van der Waals surface area contributed by atoms with E-state index in [-0.39, 0.29) is 0 Å². The summed E-state index contributed by atoms with van der Waals surface area (Å²) >= 11 is 0. The van der Waals surface area contributed by atoms with Crippen LogP contribution >= 0.6 is 0 Å². The van der Waals surface area contributed by atoms with Crippen molar-refractivity contribution in [1.29, 1.82) is 0 Å². The molecule has 0 unspecified atom stereocenters. The van der Waals surface area contributed by atoms with Gasteiger partial charge < -0.3 is 19.3 Å². The number of likely N-dealkylation sites (tertiary alicyclic amines) is 2. The first-order chi connectivity index (χ1) is 24.3. The number of unbranched alkanes of at least 4 members (excludes halogenated alkanes) is 6. The van der Waals surface area contributed by atoms with Crippen molar-refractivity contribution >= 4 is 5.57 Å². The predicted molar refractivity (Wildman–Crippen MR) is 204 cm³/mol. The number of benzene rings is 2. The first-order valence-corrected chi connectivity index (χ1v) is 20.9. The Hall–Kier alpha value is -2.30. The van der Waals surface area contributed by atoms with Crippen LogP contribution in [-0.4, -0.2) is 62.3 Å². The first-order valence-electron chi connectivity index (χ1n) is 20.9. The summed E-state index contributed by atoms with van der Waals surface area (Å²) in [5.74, 6) is 5.50. The van der Waals surface area contributed by atoms with E-state index in [1.54, 1.807) is 5.57 Å². The molecule has 2 aliphatic heterocycles. The van der Waals surface area contributed by atoms with Gasteiger partial charge in [0.1, 0.15) is 11.5 Å². The molecule has 0 radical (unpaired) electrons. The Labute approximate surface area is 299 Å². The van der Waals surface area contributed by atoms with Gasteiger partial charge in [-0.15, -0.1) is 0 Å². The summed E-state index contributed by atoms with van der Waals surface area (Å²) in [4.78, 5) is 5.33. The Balaban J connectivity index is 0.914. The lowest BCUT2D eigenvalue weighted by Gasteiger charge is -2.52. The molecule has 0 atom stereocenters. The second kappa shape index (κ2) is 18.3. The van der Waals surface area contributed by atoms with Crippen LogP contribution in [0.2, 0.25) is 0 Å². The maximum atomic E-state index is 6.25. The van der Waals surface area contributed by atoms with Gasteiger partial charge in [0.25, 0.3) is 0 Å². The Kier molecular flexibility index (Phi) is 13.1. The molecule has 0 aromatic heterocycles. The number of hydrogen-bond donors (Lipinski definition) is 0. The van der Waals surface area contributed by atoms with Crippen molar-refractivity contribution in [3.8, 4) is 11.5 Å². The van der Waals surface area contributed by atoms with E-state index in [2.05, 4.69) is 58.3 Å². The molecule has 6 aliphatic rings. The summed E-state index contributed by atoms with van der Waals surface area (Å²) < 4.78 is 12.5. The van der Waals surface area contributed by atoms with Crippen LogP contribution in [0.15, 0.2) is 54.1 Å². The second-order valence-electron chi connectivity index (χ2n) is 16.5. The fraction of sp³-hybridized carbons (Fsp3) is 0.689. The standard InChI is InChI=1S/C45H66N2O2/c1(7-23-46-25-9-5-10-26-46)3-13-29-48-42-19-15-38(16-20-42)44(45-40-32-36-31-37(34-40)35-41(45)33-36)39-17-21-43(22-18-39)49-30-14-4-2-8-24-47-27-11-6-12-28-47/h15-22,36-37,40-41H,1-14,23-35H2/t36-,37+,40+,41?. The molecule has 4 nitrogen and oxygen atoms in total. The molecular formula is C45H66N2O2. The highest BCUT2D eigenvalue weighted by Crippen LogP contribution is 2.58. The van der Waals surface area contributed by atoms with Gasteiger partial charge >= 0.3 is 0 Å². The zero-order chi connectivity index (χ0) is 33.1. The molecule has 6 fully saturated rings. The van der Waals surface area contributed by atoms with E-state index in [0.29, 0.717) is 0 Å². The van der Waals surface area contributed by atoms with Crippen molar-refractivity contribution in [3.63, 3.8) is 0 Å². The van der Waals surface area contributed by atoms with Crippen LogP contribution in [0.3, 0.4) is 0 Å². The van der Waals surface area contributed by atoms with Gasteiger partial charge in [-0.05, 0) is 187 Å². The number of hydrogen-bond acceptors (Lipinski definition) is 4. The molecule has 268 valence electrons. The maximum Gasteiger partial charge on any atom is 0.119 e. The molecule has 4 aliphatic carbocycles. The second-order valence-corrected chi connectivity index (χ2v) is 16.5. The molecule has 2 aromatic rings. The highest BCUT2D eigenvalue weighted by molar-refractivity contribution is 5.83. The van der Waals surface area contributed by atoms with Gasteiger partial charge in [0, 0.05) is 0 Å². The fourth-order valence-corrected chi connectivity index (χ4v) is 10.4. The average Bonchev–Trinajstić information content (AvgIpc) is 3.14. The molecule has 0 amide bonds. The Morgan fingerprint density at radius 1 is 0.469 bits per heavy atom. The molecule has 2 saturated heterocycles. The number of nitrogens with zero attached hydrogens (tertiary/aromatic N) is 2. The van der Waals surface area contributed by atoms with Gasteiger partial charge in [-0.25, -0.2) is 0 Å². The quantitative estimate of drug-likeness (QED) is 0.148. The maximum absolute atomic E-state index is 6.25. The zero-order valence-electron chi connectivity index (χ0n) is 30.7. The minimum Gasteiger partial charge on any atom is -0.494 e. The summed E-state index contributed by atoms with van der Waals surface area (Å²) in [7, 11) is 0. The molecule has 4 heteroatoms. The highest BCUT2D eigenvalue weighted by atomic mass is 16.5. The van der Waals surface area contributed by atoms with Crippen LogP contribution in [0.4, 0.5) is 0 Å². The van der Waals surface area contributed by atoms with Crippen LogP contribution in [0, 0.1) is 23.7 Å². The third-order valence-corrected chi connectivity index (χ3v) is 12.8. The van der Waals surface area contributed by atoms with Crippen LogP contribution in [-0.2, 0) is 0 Å². The first kappa shape index (κ1) is 35.1. The Morgan fingerprint density at radius 2 is 0.878 bits per heavy atom.